The lowest BCUT2D eigenvalue weighted by Crippen LogP contribution is -2.21. The predicted molar refractivity (Wildman–Crippen MR) is 112 cm³/mol. The van der Waals surface area contributed by atoms with Crippen molar-refractivity contribution in [2.24, 2.45) is 5.10 Å². The van der Waals surface area contributed by atoms with Crippen LogP contribution in [0.25, 0.3) is 0 Å². The first-order chi connectivity index (χ1) is 13.9. The third-order valence-electron chi connectivity index (χ3n) is 3.85. The summed E-state index contributed by atoms with van der Waals surface area (Å²) in [6, 6.07) is 16.6. The van der Waals surface area contributed by atoms with E-state index in [2.05, 4.69) is 15.8 Å². The maximum Gasteiger partial charge on any atom is 0.273 e. The number of nitrogens with zero attached hydrogens (tertiary/aromatic N) is 1. The molecule has 0 saturated carbocycles. The Kier molecular flexibility index (Phi) is 6.59. The van der Waals surface area contributed by atoms with Gasteiger partial charge in [-0.3, -0.25) is 9.59 Å². The van der Waals surface area contributed by atoms with Crippen molar-refractivity contribution >= 4 is 46.9 Å². The lowest BCUT2D eigenvalue weighted by molar-refractivity contribution is 0.0956. The van der Waals surface area contributed by atoms with Crippen LogP contribution in [0.5, 0.6) is 0 Å². The van der Waals surface area contributed by atoms with E-state index in [1.165, 1.54) is 42.6 Å². The first-order valence-electron chi connectivity index (χ1n) is 8.38. The molecule has 0 aliphatic rings. The number of carbonyl (C=O) groups excluding carboxylic acids is 2. The van der Waals surface area contributed by atoms with E-state index in [9.17, 15) is 14.0 Å². The minimum Gasteiger partial charge on any atom is -0.321 e. The molecule has 0 fully saturated rings. The van der Waals surface area contributed by atoms with Gasteiger partial charge in [0.15, 0.2) is 0 Å². The number of halogens is 3. The summed E-state index contributed by atoms with van der Waals surface area (Å²) in [7, 11) is 0. The smallest absolute Gasteiger partial charge is 0.273 e. The Labute approximate surface area is 176 Å². The number of hydrogen-bond donors (Lipinski definition) is 2. The van der Waals surface area contributed by atoms with Crippen molar-refractivity contribution in [1.82, 2.24) is 5.43 Å². The molecular formula is C21H14Cl2FN3O2. The maximum atomic E-state index is 12.9. The molecule has 146 valence electrons. The highest BCUT2D eigenvalue weighted by Crippen LogP contribution is 2.23. The molecule has 8 heteroatoms. The Balaban J connectivity index is 1.73. The van der Waals surface area contributed by atoms with Crippen molar-refractivity contribution in [1.29, 1.82) is 0 Å². The first kappa shape index (κ1) is 20.5. The molecule has 2 N–H and O–H groups in total. The summed E-state index contributed by atoms with van der Waals surface area (Å²) in [5, 5.41) is 7.12. The molecule has 0 radical (unpaired) electrons. The number of rotatable bonds is 5. The Bertz CT molecular complexity index is 1090. The number of hydrogen-bond acceptors (Lipinski definition) is 3. The van der Waals surface area contributed by atoms with Crippen LogP contribution in [0.15, 0.2) is 71.8 Å². The molecule has 0 saturated heterocycles. The van der Waals surface area contributed by atoms with Crippen LogP contribution in [0, 0.1) is 5.82 Å². The highest BCUT2D eigenvalue weighted by Gasteiger charge is 2.15. The normalized spacial score (nSPS) is 10.7. The molecule has 0 aliphatic carbocycles. The van der Waals surface area contributed by atoms with Crippen molar-refractivity contribution in [2.75, 3.05) is 5.32 Å². The fourth-order valence-corrected chi connectivity index (χ4v) is 2.92. The van der Waals surface area contributed by atoms with Crippen molar-refractivity contribution < 1.29 is 14.0 Å². The molecule has 2 amide bonds. The zero-order chi connectivity index (χ0) is 20.8. The zero-order valence-electron chi connectivity index (χ0n) is 14.8. The second-order valence-electron chi connectivity index (χ2n) is 5.87. The van der Waals surface area contributed by atoms with Gasteiger partial charge in [-0.2, -0.15) is 5.10 Å². The molecule has 5 nitrogen and oxygen atoms in total. The fraction of sp³-hybridized carbons (Fsp3) is 0. The molecule has 3 aromatic rings. The molecule has 0 atom stereocenters. The van der Waals surface area contributed by atoms with Crippen molar-refractivity contribution in [3.63, 3.8) is 0 Å². The highest BCUT2D eigenvalue weighted by molar-refractivity contribution is 6.37. The van der Waals surface area contributed by atoms with Crippen LogP contribution >= 0.6 is 23.2 Å². The van der Waals surface area contributed by atoms with Crippen LogP contribution in [0.1, 0.15) is 26.3 Å². The molecule has 3 aromatic carbocycles. The number of para-hydroxylation sites is 1. The van der Waals surface area contributed by atoms with Gasteiger partial charge in [-0.15, -0.1) is 0 Å². The summed E-state index contributed by atoms with van der Waals surface area (Å²) in [6.07, 6.45) is 1.38. The second kappa shape index (κ2) is 9.32. The predicted octanol–water partition coefficient (Wildman–Crippen LogP) is 5.15. The molecule has 0 spiro atoms. The molecule has 3 rings (SSSR count). The average Bonchev–Trinajstić information content (AvgIpc) is 2.69. The molecule has 0 heterocycles. The van der Waals surface area contributed by atoms with Gasteiger partial charge in [0, 0.05) is 5.02 Å². The van der Waals surface area contributed by atoms with Gasteiger partial charge in [0.2, 0.25) is 0 Å². The van der Waals surface area contributed by atoms with Gasteiger partial charge in [0.05, 0.1) is 28.1 Å². The monoisotopic (exact) mass is 429 g/mol. The van der Waals surface area contributed by atoms with Gasteiger partial charge in [-0.1, -0.05) is 47.5 Å². The number of anilines is 1. The third-order valence-corrected chi connectivity index (χ3v) is 4.39. The Morgan fingerprint density at radius 1 is 0.897 bits per heavy atom. The molecule has 29 heavy (non-hydrogen) atoms. The average molecular weight is 430 g/mol. The van der Waals surface area contributed by atoms with E-state index >= 15 is 0 Å². The van der Waals surface area contributed by atoms with Crippen LogP contribution < -0.4 is 10.7 Å². The summed E-state index contributed by atoms with van der Waals surface area (Å²) in [6.45, 7) is 0. The number of hydrazone groups is 1. The molecular weight excluding hydrogens is 416 g/mol. The van der Waals surface area contributed by atoms with Crippen LogP contribution in [0.2, 0.25) is 10.0 Å². The maximum absolute atomic E-state index is 12.9. The van der Waals surface area contributed by atoms with Crippen molar-refractivity contribution in [3.8, 4) is 0 Å². The van der Waals surface area contributed by atoms with Gasteiger partial charge in [-0.25, -0.2) is 9.82 Å². The van der Waals surface area contributed by atoms with E-state index in [1.807, 2.05) is 0 Å². The second-order valence-corrected chi connectivity index (χ2v) is 6.72. The quantitative estimate of drug-likeness (QED) is 0.434. The summed E-state index contributed by atoms with van der Waals surface area (Å²) >= 11 is 11.9. The minimum atomic E-state index is -0.526. The SMILES string of the molecule is O=C(Nc1ccccc1C(=O)N/N=C\c1ccc(F)cc1)c1ccc(Cl)cc1Cl. The van der Waals surface area contributed by atoms with Gasteiger partial charge in [0.1, 0.15) is 5.82 Å². The van der Waals surface area contributed by atoms with E-state index in [0.717, 1.165) is 0 Å². The Hall–Kier alpha value is -3.22. The largest absolute Gasteiger partial charge is 0.321 e. The molecule has 0 unspecified atom stereocenters. The molecule has 0 bridgehead atoms. The number of carbonyl (C=O) groups is 2. The number of nitrogens with one attached hydrogen (secondary N) is 2. The van der Waals surface area contributed by atoms with Gasteiger partial charge >= 0.3 is 0 Å². The molecule has 0 aromatic heterocycles. The first-order valence-corrected chi connectivity index (χ1v) is 9.14. The lowest BCUT2D eigenvalue weighted by Gasteiger charge is -2.11. The standard InChI is InChI=1S/C21H14Cl2FN3O2/c22-14-7-10-16(18(23)11-14)20(28)26-19-4-2-1-3-17(19)21(29)27-25-12-13-5-8-15(24)9-6-13/h1-12H,(H,26,28)(H,27,29)/b25-12-. The van der Waals surface area contributed by atoms with E-state index in [0.29, 0.717) is 10.6 Å². The van der Waals surface area contributed by atoms with Crippen LogP contribution in [0.3, 0.4) is 0 Å². The van der Waals surface area contributed by atoms with E-state index < -0.39 is 11.8 Å². The Morgan fingerprint density at radius 3 is 2.34 bits per heavy atom. The number of benzene rings is 3. The summed E-state index contributed by atoms with van der Waals surface area (Å²) in [5.41, 5.74) is 3.72. The van der Waals surface area contributed by atoms with Crippen molar-refractivity contribution in [2.45, 2.75) is 0 Å². The number of amides is 2. The highest BCUT2D eigenvalue weighted by atomic mass is 35.5. The van der Waals surface area contributed by atoms with E-state index in [1.54, 1.807) is 30.3 Å². The summed E-state index contributed by atoms with van der Waals surface area (Å²) in [5.74, 6) is -1.38. The summed E-state index contributed by atoms with van der Waals surface area (Å²) < 4.78 is 12.9. The minimum absolute atomic E-state index is 0.195. The van der Waals surface area contributed by atoms with Gasteiger partial charge in [0.25, 0.3) is 11.8 Å². The molecule has 0 aliphatic heterocycles. The summed E-state index contributed by atoms with van der Waals surface area (Å²) in [4.78, 5) is 25.0. The Morgan fingerprint density at radius 2 is 1.62 bits per heavy atom. The fourth-order valence-electron chi connectivity index (χ4n) is 2.43. The van der Waals surface area contributed by atoms with Crippen LogP contribution in [-0.2, 0) is 0 Å². The zero-order valence-corrected chi connectivity index (χ0v) is 16.3. The van der Waals surface area contributed by atoms with Crippen molar-refractivity contribution in [3.05, 3.63) is 99.3 Å². The lowest BCUT2D eigenvalue weighted by atomic mass is 10.1. The van der Waals surface area contributed by atoms with Crippen LogP contribution in [0.4, 0.5) is 10.1 Å². The van der Waals surface area contributed by atoms with Gasteiger partial charge < -0.3 is 5.32 Å². The van der Waals surface area contributed by atoms with E-state index in [-0.39, 0.29) is 27.7 Å². The van der Waals surface area contributed by atoms with Gasteiger partial charge in [-0.05, 0) is 48.0 Å². The van der Waals surface area contributed by atoms with Crippen LogP contribution in [-0.4, -0.2) is 18.0 Å². The third kappa shape index (κ3) is 5.40. The topological polar surface area (TPSA) is 70.6 Å². The van der Waals surface area contributed by atoms with E-state index in [4.69, 9.17) is 23.2 Å².